The molecule has 1 saturated heterocycles. The molecule has 0 aromatic rings. The van der Waals surface area contributed by atoms with Gasteiger partial charge < -0.3 is 10.1 Å². The van der Waals surface area contributed by atoms with Crippen molar-refractivity contribution in [1.82, 2.24) is 5.32 Å². The molecule has 1 heterocycles. The Morgan fingerprint density at radius 2 is 2.11 bits per heavy atom. The van der Waals surface area contributed by atoms with Crippen molar-refractivity contribution >= 4 is 5.91 Å². The van der Waals surface area contributed by atoms with Gasteiger partial charge in [0, 0.05) is 10.8 Å². The summed E-state index contributed by atoms with van der Waals surface area (Å²) in [4.78, 5) is 12.3. The average Bonchev–Trinajstić information content (AvgIpc) is 2.77. The number of rotatable bonds is 2. The fourth-order valence-corrected chi connectivity index (χ4v) is 4.58. The molecule has 3 rings (SSSR count). The van der Waals surface area contributed by atoms with Crippen molar-refractivity contribution in [3.63, 3.8) is 0 Å². The quantitative estimate of drug-likeness (QED) is 0.841. The summed E-state index contributed by atoms with van der Waals surface area (Å²) in [6, 6.07) is 0. The zero-order chi connectivity index (χ0) is 14.1. The average molecular weight is 277 g/mol. The first kappa shape index (κ1) is 13.2. The predicted octanol–water partition coefficient (Wildman–Crippen LogP) is 2.26. The molecule has 0 aromatic heterocycles. The maximum Gasteiger partial charge on any atom is 0.405 e. The molecule has 1 amide bonds. The second kappa shape index (κ2) is 3.45. The summed E-state index contributed by atoms with van der Waals surface area (Å²) in [6.07, 6.45) is -1.92. The van der Waals surface area contributed by atoms with E-state index in [1.807, 2.05) is 12.2 Å². The Labute approximate surface area is 109 Å². The fraction of sp³-hybridized carbons (Fsp3) is 0.923. The molecule has 3 fully saturated rings. The van der Waals surface area contributed by atoms with Crippen LogP contribution in [0.4, 0.5) is 13.2 Å². The fourth-order valence-electron chi connectivity index (χ4n) is 4.58. The molecule has 19 heavy (non-hydrogen) atoms. The lowest BCUT2D eigenvalue weighted by Gasteiger charge is -2.40. The lowest BCUT2D eigenvalue weighted by Crippen LogP contribution is -2.56. The molecule has 2 unspecified atom stereocenters. The number of hydrogen-bond acceptors (Lipinski definition) is 2. The van der Waals surface area contributed by atoms with Crippen molar-refractivity contribution in [3.8, 4) is 0 Å². The van der Waals surface area contributed by atoms with Gasteiger partial charge >= 0.3 is 6.18 Å². The summed E-state index contributed by atoms with van der Waals surface area (Å²) in [5.41, 5.74) is -1.45. The van der Waals surface area contributed by atoms with Crippen LogP contribution in [0, 0.1) is 16.7 Å². The Kier molecular flexibility index (Phi) is 2.40. The number of nitrogens with one attached hydrogen (secondary N) is 1. The molecule has 4 bridgehead atoms. The molecule has 3 nitrogen and oxygen atoms in total. The number of carbonyl (C=O) groups excluding carboxylic acids is 1. The van der Waals surface area contributed by atoms with Gasteiger partial charge in [0.1, 0.15) is 6.54 Å². The highest BCUT2D eigenvalue weighted by atomic mass is 19.4. The van der Waals surface area contributed by atoms with Crippen LogP contribution in [0.1, 0.15) is 33.1 Å². The lowest BCUT2D eigenvalue weighted by molar-refractivity contribution is -0.163. The SMILES string of the molecule is CC12CCC3C[C@@]1(C(=O)NCC(F)(F)F)OC[C@@]32C. The molecule has 1 aliphatic heterocycles. The normalized spacial score (nSPS) is 47.7. The second-order valence-corrected chi connectivity index (χ2v) is 6.60. The summed E-state index contributed by atoms with van der Waals surface area (Å²) in [5, 5.41) is 2.02. The Morgan fingerprint density at radius 3 is 2.63 bits per heavy atom. The molecule has 0 aromatic carbocycles. The first-order valence-corrected chi connectivity index (χ1v) is 6.64. The monoisotopic (exact) mass is 277 g/mol. The van der Waals surface area contributed by atoms with Crippen molar-refractivity contribution in [2.45, 2.75) is 44.9 Å². The van der Waals surface area contributed by atoms with Gasteiger partial charge in [-0.1, -0.05) is 13.8 Å². The van der Waals surface area contributed by atoms with E-state index < -0.39 is 24.2 Å². The first-order chi connectivity index (χ1) is 8.65. The highest BCUT2D eigenvalue weighted by Crippen LogP contribution is 2.74. The van der Waals surface area contributed by atoms with Crippen molar-refractivity contribution in [1.29, 1.82) is 0 Å². The van der Waals surface area contributed by atoms with Crippen LogP contribution in [0.5, 0.6) is 0 Å². The number of halogens is 3. The van der Waals surface area contributed by atoms with E-state index >= 15 is 0 Å². The Balaban J connectivity index is 1.84. The van der Waals surface area contributed by atoms with Crippen LogP contribution in [0.2, 0.25) is 0 Å². The molecule has 4 atom stereocenters. The van der Waals surface area contributed by atoms with E-state index in [1.165, 1.54) is 0 Å². The van der Waals surface area contributed by atoms with E-state index in [0.29, 0.717) is 18.9 Å². The van der Waals surface area contributed by atoms with E-state index in [1.54, 1.807) is 0 Å². The Bertz CT molecular complexity index is 438. The summed E-state index contributed by atoms with van der Waals surface area (Å²) in [5.74, 6) is -0.193. The summed E-state index contributed by atoms with van der Waals surface area (Å²) in [6.45, 7) is 3.30. The van der Waals surface area contributed by atoms with Gasteiger partial charge in [0.05, 0.1) is 6.61 Å². The maximum absolute atomic E-state index is 12.3. The van der Waals surface area contributed by atoms with E-state index in [9.17, 15) is 18.0 Å². The van der Waals surface area contributed by atoms with E-state index in [4.69, 9.17) is 4.74 Å². The molecule has 108 valence electrons. The Morgan fingerprint density at radius 1 is 1.42 bits per heavy atom. The largest absolute Gasteiger partial charge is 0.405 e. The van der Waals surface area contributed by atoms with Crippen LogP contribution in [0.3, 0.4) is 0 Å². The van der Waals surface area contributed by atoms with Gasteiger partial charge in [0.15, 0.2) is 5.60 Å². The molecule has 6 heteroatoms. The summed E-state index contributed by atoms with van der Waals surface area (Å²) in [7, 11) is 0. The molecular weight excluding hydrogens is 259 g/mol. The first-order valence-electron chi connectivity index (χ1n) is 6.64. The smallest absolute Gasteiger partial charge is 0.364 e. The molecule has 2 saturated carbocycles. The number of carbonyl (C=O) groups is 1. The van der Waals surface area contributed by atoms with Crippen molar-refractivity contribution in [3.05, 3.63) is 0 Å². The topological polar surface area (TPSA) is 38.3 Å². The third-order valence-corrected chi connectivity index (χ3v) is 6.01. The minimum atomic E-state index is -4.38. The minimum absolute atomic E-state index is 0.0669. The van der Waals surface area contributed by atoms with Crippen LogP contribution in [-0.2, 0) is 9.53 Å². The summed E-state index contributed by atoms with van der Waals surface area (Å²) < 4.78 is 42.5. The predicted molar refractivity (Wildman–Crippen MR) is 61.3 cm³/mol. The highest BCUT2D eigenvalue weighted by molar-refractivity contribution is 5.88. The molecule has 0 radical (unpaired) electrons. The van der Waals surface area contributed by atoms with Gasteiger partial charge in [-0.05, 0) is 25.2 Å². The minimum Gasteiger partial charge on any atom is -0.364 e. The molecule has 2 aliphatic carbocycles. The zero-order valence-electron chi connectivity index (χ0n) is 11.1. The van der Waals surface area contributed by atoms with Crippen molar-refractivity contribution < 1.29 is 22.7 Å². The molecule has 3 aliphatic rings. The lowest BCUT2D eigenvalue weighted by atomic mass is 9.66. The highest BCUT2D eigenvalue weighted by Gasteiger charge is 2.78. The third kappa shape index (κ3) is 1.41. The van der Waals surface area contributed by atoms with Crippen LogP contribution >= 0.6 is 0 Å². The van der Waals surface area contributed by atoms with Gasteiger partial charge in [-0.15, -0.1) is 0 Å². The van der Waals surface area contributed by atoms with Crippen LogP contribution in [0.15, 0.2) is 0 Å². The Hall–Kier alpha value is -0.780. The van der Waals surface area contributed by atoms with E-state index in [2.05, 4.69) is 6.92 Å². The molecular formula is C13H18F3NO2. The molecule has 0 spiro atoms. The number of alkyl halides is 3. The van der Waals surface area contributed by atoms with Crippen LogP contribution in [-0.4, -0.2) is 30.8 Å². The third-order valence-electron chi connectivity index (χ3n) is 6.01. The van der Waals surface area contributed by atoms with Gasteiger partial charge in [-0.3, -0.25) is 4.79 Å². The van der Waals surface area contributed by atoms with Gasteiger partial charge in [0.2, 0.25) is 0 Å². The van der Waals surface area contributed by atoms with E-state index in [-0.39, 0.29) is 10.8 Å². The van der Waals surface area contributed by atoms with Crippen molar-refractivity contribution in [2.24, 2.45) is 16.7 Å². The summed E-state index contributed by atoms with van der Waals surface area (Å²) >= 11 is 0. The van der Waals surface area contributed by atoms with Crippen LogP contribution in [0.25, 0.3) is 0 Å². The second-order valence-electron chi connectivity index (χ2n) is 6.60. The molecule has 1 N–H and O–H groups in total. The van der Waals surface area contributed by atoms with Crippen LogP contribution < -0.4 is 5.32 Å². The zero-order valence-corrected chi connectivity index (χ0v) is 11.1. The number of hydrogen-bond donors (Lipinski definition) is 1. The number of ether oxygens (including phenoxy) is 1. The van der Waals surface area contributed by atoms with Gasteiger partial charge in [-0.2, -0.15) is 13.2 Å². The van der Waals surface area contributed by atoms with E-state index in [0.717, 1.165) is 12.8 Å². The van der Waals surface area contributed by atoms with Crippen molar-refractivity contribution in [2.75, 3.05) is 13.2 Å². The van der Waals surface area contributed by atoms with Gasteiger partial charge in [-0.25, -0.2) is 0 Å². The number of amides is 1. The maximum atomic E-state index is 12.3. The standard InChI is InChI=1S/C13H18F3NO2/c1-10-7-19-12(9(18)17-6-13(14,15)16)5-8(10)3-4-11(10,12)2/h8H,3-7H2,1-2H3,(H,17,18)/t8?,10-,11?,12-/m0/s1. The van der Waals surface area contributed by atoms with Gasteiger partial charge in [0.25, 0.3) is 5.91 Å².